The third-order valence-electron chi connectivity index (χ3n) is 6.78. The van der Waals surface area contributed by atoms with Crippen molar-refractivity contribution in [2.75, 3.05) is 0 Å². The van der Waals surface area contributed by atoms with Gasteiger partial charge in [-0.2, -0.15) is 5.10 Å². The molecule has 3 N–H and O–H groups in total. The van der Waals surface area contributed by atoms with E-state index in [1.807, 2.05) is 62.4 Å². The highest BCUT2D eigenvalue weighted by atomic mass is 16.2. The number of amides is 2. The van der Waals surface area contributed by atoms with Crippen LogP contribution in [0.4, 0.5) is 0 Å². The monoisotopic (exact) mass is 515 g/mol. The summed E-state index contributed by atoms with van der Waals surface area (Å²) in [7, 11) is 0. The van der Waals surface area contributed by atoms with Crippen LogP contribution in [-0.4, -0.2) is 27.2 Å². The van der Waals surface area contributed by atoms with Gasteiger partial charge in [0.25, 0.3) is 5.91 Å². The standard InChI is InChI=1S/C32H29N5O2/c1-21-9-18-30(24-7-5-4-6-8-24)37(21)29-16-12-26(13-17-29)32(39)35-34-20-27-19-22(2)36(23(27)3)28-14-10-25(11-15-28)31(33)38/h4-20H,1-3H3,(H2,33,38)(H,35,39)/b34-20+. The van der Waals surface area contributed by atoms with Crippen molar-refractivity contribution < 1.29 is 9.59 Å². The molecule has 0 aliphatic rings. The molecule has 0 bridgehead atoms. The molecule has 0 saturated heterocycles. The van der Waals surface area contributed by atoms with Gasteiger partial charge in [0.15, 0.2) is 0 Å². The lowest BCUT2D eigenvalue weighted by Crippen LogP contribution is -2.17. The summed E-state index contributed by atoms with van der Waals surface area (Å²) in [4.78, 5) is 24.2. The van der Waals surface area contributed by atoms with Gasteiger partial charge in [-0.15, -0.1) is 0 Å². The van der Waals surface area contributed by atoms with Crippen molar-refractivity contribution >= 4 is 18.0 Å². The van der Waals surface area contributed by atoms with E-state index in [2.05, 4.69) is 50.9 Å². The highest BCUT2D eigenvalue weighted by Crippen LogP contribution is 2.26. The van der Waals surface area contributed by atoms with Gasteiger partial charge in [0.05, 0.1) is 11.9 Å². The van der Waals surface area contributed by atoms with Gasteiger partial charge in [-0.25, -0.2) is 5.43 Å². The maximum atomic E-state index is 12.8. The number of nitrogens with two attached hydrogens (primary N) is 1. The zero-order valence-electron chi connectivity index (χ0n) is 22.1. The van der Waals surface area contributed by atoms with Gasteiger partial charge in [-0.3, -0.25) is 9.59 Å². The lowest BCUT2D eigenvalue weighted by molar-refractivity contribution is 0.0953. The van der Waals surface area contributed by atoms with E-state index in [1.165, 1.54) is 0 Å². The van der Waals surface area contributed by atoms with Crippen LogP contribution in [0, 0.1) is 20.8 Å². The number of hydrazone groups is 1. The number of aromatic nitrogens is 2. The topological polar surface area (TPSA) is 94.4 Å². The van der Waals surface area contributed by atoms with E-state index in [4.69, 9.17) is 5.73 Å². The maximum Gasteiger partial charge on any atom is 0.271 e. The summed E-state index contributed by atoms with van der Waals surface area (Å²) in [5, 5.41) is 4.20. The lowest BCUT2D eigenvalue weighted by atomic mass is 10.1. The van der Waals surface area contributed by atoms with Crippen LogP contribution < -0.4 is 11.2 Å². The van der Waals surface area contributed by atoms with Crippen molar-refractivity contribution in [2.24, 2.45) is 10.8 Å². The molecule has 2 aromatic heterocycles. The molecule has 0 fully saturated rings. The lowest BCUT2D eigenvalue weighted by Gasteiger charge is -2.12. The SMILES string of the molecule is Cc1ccc(-c2ccccc2)n1-c1ccc(C(=O)N/N=C/c2cc(C)n(-c3ccc(C(N)=O)cc3)c2C)cc1. The Bertz CT molecular complexity index is 1680. The summed E-state index contributed by atoms with van der Waals surface area (Å²) >= 11 is 0. The minimum Gasteiger partial charge on any atom is -0.366 e. The summed E-state index contributed by atoms with van der Waals surface area (Å²) in [5.41, 5.74) is 17.0. The van der Waals surface area contributed by atoms with E-state index < -0.39 is 5.91 Å². The smallest absolute Gasteiger partial charge is 0.271 e. The van der Waals surface area contributed by atoms with Gasteiger partial charge in [0, 0.05) is 45.1 Å². The first-order valence-corrected chi connectivity index (χ1v) is 12.6. The molecule has 0 aliphatic heterocycles. The van der Waals surface area contributed by atoms with Crippen molar-refractivity contribution in [3.8, 4) is 22.6 Å². The van der Waals surface area contributed by atoms with Gasteiger partial charge in [0.2, 0.25) is 5.91 Å². The molecule has 0 saturated carbocycles. The summed E-state index contributed by atoms with van der Waals surface area (Å²) in [5.74, 6) is -0.751. The second-order valence-electron chi connectivity index (χ2n) is 9.38. The van der Waals surface area contributed by atoms with Crippen molar-refractivity contribution in [3.63, 3.8) is 0 Å². The molecular weight excluding hydrogens is 486 g/mol. The number of benzene rings is 3. The first-order valence-electron chi connectivity index (χ1n) is 12.6. The molecule has 0 atom stereocenters. The highest BCUT2D eigenvalue weighted by molar-refractivity contribution is 5.95. The predicted molar refractivity (Wildman–Crippen MR) is 155 cm³/mol. The Labute approximate surface area is 227 Å². The molecule has 0 aliphatic carbocycles. The first-order chi connectivity index (χ1) is 18.8. The van der Waals surface area contributed by atoms with Gasteiger partial charge in [-0.1, -0.05) is 30.3 Å². The van der Waals surface area contributed by atoms with Gasteiger partial charge >= 0.3 is 0 Å². The van der Waals surface area contributed by atoms with E-state index in [0.29, 0.717) is 11.1 Å². The number of hydrogen-bond donors (Lipinski definition) is 2. The average molecular weight is 516 g/mol. The molecule has 0 radical (unpaired) electrons. The van der Waals surface area contributed by atoms with Crippen LogP contribution in [-0.2, 0) is 0 Å². The number of carbonyl (C=O) groups is 2. The van der Waals surface area contributed by atoms with Crippen molar-refractivity contribution in [1.82, 2.24) is 14.6 Å². The van der Waals surface area contributed by atoms with Crippen molar-refractivity contribution in [2.45, 2.75) is 20.8 Å². The van der Waals surface area contributed by atoms with E-state index in [0.717, 1.165) is 45.3 Å². The maximum absolute atomic E-state index is 12.8. The van der Waals surface area contributed by atoms with Crippen LogP contribution in [0.3, 0.4) is 0 Å². The Morgan fingerprint density at radius 1 is 0.744 bits per heavy atom. The molecule has 0 spiro atoms. The zero-order valence-corrected chi connectivity index (χ0v) is 22.1. The quantitative estimate of drug-likeness (QED) is 0.214. The number of aryl methyl sites for hydroxylation is 2. The summed E-state index contributed by atoms with van der Waals surface area (Å²) in [6, 6.07) is 31.0. The van der Waals surface area contributed by atoms with Gasteiger partial charge in [0.1, 0.15) is 0 Å². The van der Waals surface area contributed by atoms with Gasteiger partial charge in [-0.05, 0) is 93.1 Å². The van der Waals surface area contributed by atoms with Gasteiger partial charge < -0.3 is 14.9 Å². The zero-order chi connectivity index (χ0) is 27.5. The van der Waals surface area contributed by atoms with Crippen molar-refractivity contribution in [1.29, 1.82) is 0 Å². The van der Waals surface area contributed by atoms with Crippen LogP contribution in [0.5, 0.6) is 0 Å². The number of nitrogens with one attached hydrogen (secondary N) is 1. The predicted octanol–water partition coefficient (Wildman–Crippen LogP) is 5.72. The Hall–Kier alpha value is -5.17. The van der Waals surface area contributed by atoms with Crippen LogP contribution in [0.2, 0.25) is 0 Å². The summed E-state index contributed by atoms with van der Waals surface area (Å²) < 4.78 is 4.23. The second-order valence-corrected chi connectivity index (χ2v) is 9.38. The van der Waals surface area contributed by atoms with Crippen molar-refractivity contribution in [3.05, 3.63) is 131 Å². The minimum absolute atomic E-state index is 0.291. The molecule has 194 valence electrons. The molecule has 2 heterocycles. The largest absolute Gasteiger partial charge is 0.366 e. The van der Waals surface area contributed by atoms with Crippen LogP contribution in [0.25, 0.3) is 22.6 Å². The molecule has 7 heteroatoms. The van der Waals surface area contributed by atoms with E-state index in [9.17, 15) is 9.59 Å². The van der Waals surface area contributed by atoms with Crippen LogP contribution >= 0.6 is 0 Å². The number of rotatable bonds is 7. The number of primary amides is 1. The highest BCUT2D eigenvalue weighted by Gasteiger charge is 2.12. The number of nitrogens with zero attached hydrogens (tertiary/aromatic N) is 3. The summed E-state index contributed by atoms with van der Waals surface area (Å²) in [6.45, 7) is 6.03. The first kappa shape index (κ1) is 25.5. The van der Waals surface area contributed by atoms with E-state index in [1.54, 1.807) is 30.5 Å². The second kappa shape index (κ2) is 10.7. The van der Waals surface area contributed by atoms with E-state index in [-0.39, 0.29) is 5.91 Å². The summed E-state index contributed by atoms with van der Waals surface area (Å²) in [6.07, 6.45) is 1.64. The average Bonchev–Trinajstić information content (AvgIpc) is 3.47. The Morgan fingerprint density at radius 2 is 1.36 bits per heavy atom. The fourth-order valence-electron chi connectivity index (χ4n) is 4.79. The fourth-order valence-corrected chi connectivity index (χ4v) is 4.79. The molecule has 2 amide bonds. The molecule has 39 heavy (non-hydrogen) atoms. The number of hydrogen-bond acceptors (Lipinski definition) is 3. The Balaban J connectivity index is 1.30. The molecule has 3 aromatic carbocycles. The normalized spacial score (nSPS) is 11.2. The van der Waals surface area contributed by atoms with Crippen LogP contribution in [0.1, 0.15) is 43.4 Å². The third-order valence-corrected chi connectivity index (χ3v) is 6.78. The van der Waals surface area contributed by atoms with E-state index >= 15 is 0 Å². The molecule has 7 nitrogen and oxygen atoms in total. The number of carbonyl (C=O) groups excluding carboxylic acids is 2. The molecular formula is C32H29N5O2. The molecule has 5 aromatic rings. The molecule has 0 unspecified atom stereocenters. The Kier molecular flexibility index (Phi) is 6.97. The van der Waals surface area contributed by atoms with Crippen LogP contribution in [0.15, 0.2) is 102 Å². The molecule has 5 rings (SSSR count). The minimum atomic E-state index is -0.461. The fraction of sp³-hybridized carbons (Fsp3) is 0.0938. The third kappa shape index (κ3) is 5.15. The Morgan fingerprint density at radius 3 is 2.00 bits per heavy atom.